The average molecular weight is 288 g/mol. The Morgan fingerprint density at radius 2 is 2.00 bits per heavy atom. The van der Waals surface area contributed by atoms with Crippen LogP contribution < -0.4 is 19.9 Å². The van der Waals surface area contributed by atoms with Gasteiger partial charge in [0.15, 0.2) is 0 Å². The van der Waals surface area contributed by atoms with Gasteiger partial charge in [-0.25, -0.2) is 13.1 Å². The summed E-state index contributed by atoms with van der Waals surface area (Å²) in [6.45, 7) is 2.10. The molecule has 19 heavy (non-hydrogen) atoms. The van der Waals surface area contributed by atoms with Crippen molar-refractivity contribution in [3.63, 3.8) is 0 Å². The summed E-state index contributed by atoms with van der Waals surface area (Å²) in [5.74, 6) is 0.725. The Labute approximate surface area is 113 Å². The van der Waals surface area contributed by atoms with Gasteiger partial charge >= 0.3 is 0 Å². The van der Waals surface area contributed by atoms with Gasteiger partial charge in [-0.3, -0.25) is 0 Å². The molecule has 7 heteroatoms. The van der Waals surface area contributed by atoms with E-state index in [1.165, 1.54) is 20.3 Å². The minimum absolute atomic E-state index is 0.0547. The molecule has 0 heterocycles. The average Bonchev–Trinajstić information content (AvgIpc) is 2.37. The van der Waals surface area contributed by atoms with Gasteiger partial charge < -0.3 is 15.2 Å². The molecule has 1 atom stereocenters. The first kappa shape index (κ1) is 15.7. The van der Waals surface area contributed by atoms with Gasteiger partial charge in [-0.05, 0) is 25.5 Å². The molecule has 1 unspecified atom stereocenters. The fraction of sp³-hybridized carbons (Fsp3) is 0.500. The van der Waals surface area contributed by atoms with Crippen molar-refractivity contribution in [1.29, 1.82) is 0 Å². The number of hydrogen-bond acceptors (Lipinski definition) is 5. The second-order valence-corrected chi connectivity index (χ2v) is 5.92. The molecular weight excluding hydrogens is 268 g/mol. The molecule has 0 saturated heterocycles. The van der Waals surface area contributed by atoms with E-state index in [1.54, 1.807) is 12.1 Å². The van der Waals surface area contributed by atoms with E-state index >= 15 is 0 Å². The number of hydrogen-bond donors (Lipinski definition) is 2. The van der Waals surface area contributed by atoms with Crippen LogP contribution in [0, 0.1) is 0 Å². The smallest absolute Gasteiger partial charge is 0.244 e. The molecule has 0 spiro atoms. The normalized spacial score (nSPS) is 13.1. The topological polar surface area (TPSA) is 90.6 Å². The second kappa shape index (κ2) is 6.74. The van der Waals surface area contributed by atoms with Crippen LogP contribution >= 0.6 is 0 Å². The Morgan fingerprint density at radius 1 is 1.32 bits per heavy atom. The molecule has 1 rings (SSSR count). The van der Waals surface area contributed by atoms with E-state index in [-0.39, 0.29) is 23.2 Å². The summed E-state index contributed by atoms with van der Waals surface area (Å²) < 4.78 is 36.9. The third-order valence-corrected chi connectivity index (χ3v) is 4.03. The van der Waals surface area contributed by atoms with Gasteiger partial charge in [-0.2, -0.15) is 0 Å². The second-order valence-electron chi connectivity index (χ2n) is 4.18. The number of rotatable bonds is 7. The van der Waals surface area contributed by atoms with Crippen molar-refractivity contribution in [3.8, 4) is 11.5 Å². The van der Waals surface area contributed by atoms with Gasteiger partial charge in [-0.1, -0.05) is 0 Å². The van der Waals surface area contributed by atoms with Crippen molar-refractivity contribution < 1.29 is 17.9 Å². The van der Waals surface area contributed by atoms with Crippen LogP contribution in [0.1, 0.15) is 13.3 Å². The summed E-state index contributed by atoms with van der Waals surface area (Å²) in [6, 6.07) is 4.56. The molecule has 0 radical (unpaired) electrons. The van der Waals surface area contributed by atoms with E-state index in [9.17, 15) is 8.42 Å². The monoisotopic (exact) mass is 288 g/mol. The fourth-order valence-electron chi connectivity index (χ4n) is 1.49. The van der Waals surface area contributed by atoms with Gasteiger partial charge in [-0.15, -0.1) is 0 Å². The Hall–Kier alpha value is -1.31. The highest BCUT2D eigenvalue weighted by Gasteiger charge is 2.20. The number of nitrogens with one attached hydrogen (secondary N) is 1. The number of ether oxygens (including phenoxy) is 2. The molecule has 6 nitrogen and oxygen atoms in total. The lowest BCUT2D eigenvalue weighted by atomic mass is 10.3. The van der Waals surface area contributed by atoms with Crippen LogP contribution in [0.5, 0.6) is 11.5 Å². The summed E-state index contributed by atoms with van der Waals surface area (Å²) in [6.07, 6.45) is 0.561. The number of sulfonamides is 1. The van der Waals surface area contributed by atoms with Crippen LogP contribution in [0.2, 0.25) is 0 Å². The largest absolute Gasteiger partial charge is 0.497 e. The molecule has 0 aliphatic rings. The number of benzene rings is 1. The van der Waals surface area contributed by atoms with Gasteiger partial charge in [0.2, 0.25) is 10.0 Å². The fourth-order valence-corrected chi connectivity index (χ4v) is 2.72. The molecule has 1 aromatic rings. The van der Waals surface area contributed by atoms with E-state index in [0.29, 0.717) is 12.2 Å². The van der Waals surface area contributed by atoms with Gasteiger partial charge in [0.1, 0.15) is 16.4 Å². The predicted molar refractivity (Wildman–Crippen MR) is 73.0 cm³/mol. The molecule has 0 bridgehead atoms. The summed E-state index contributed by atoms with van der Waals surface area (Å²) in [4.78, 5) is 0.0547. The van der Waals surface area contributed by atoms with Crippen molar-refractivity contribution in [2.45, 2.75) is 24.3 Å². The Bertz CT molecular complexity index is 514. The van der Waals surface area contributed by atoms with Crippen LogP contribution in [0.4, 0.5) is 0 Å². The molecule has 0 amide bonds. The Kier molecular flexibility index (Phi) is 5.59. The van der Waals surface area contributed by atoms with E-state index in [0.717, 1.165) is 0 Å². The number of methoxy groups -OCH3 is 2. The molecule has 0 aliphatic heterocycles. The zero-order valence-electron chi connectivity index (χ0n) is 11.3. The Balaban J connectivity index is 2.98. The highest BCUT2D eigenvalue weighted by molar-refractivity contribution is 7.89. The minimum atomic E-state index is -3.64. The van der Waals surface area contributed by atoms with E-state index < -0.39 is 10.0 Å². The standard InChI is InChI=1S/C12H20N2O4S/c1-9(13)6-7-14-19(15,16)12-8-10(17-2)4-5-11(12)18-3/h4-5,8-9,14H,6-7,13H2,1-3H3. The SMILES string of the molecule is COc1ccc(OC)c(S(=O)(=O)NCCC(C)N)c1. The van der Waals surface area contributed by atoms with Crippen LogP contribution in [0.15, 0.2) is 23.1 Å². The Morgan fingerprint density at radius 3 is 2.53 bits per heavy atom. The quantitative estimate of drug-likeness (QED) is 0.771. The van der Waals surface area contributed by atoms with Crippen molar-refractivity contribution >= 4 is 10.0 Å². The highest BCUT2D eigenvalue weighted by atomic mass is 32.2. The van der Waals surface area contributed by atoms with Crippen LogP contribution in [0.25, 0.3) is 0 Å². The molecule has 0 fully saturated rings. The van der Waals surface area contributed by atoms with Crippen LogP contribution in [0.3, 0.4) is 0 Å². The van der Waals surface area contributed by atoms with Crippen molar-refractivity contribution in [1.82, 2.24) is 4.72 Å². The molecule has 0 aromatic heterocycles. The lowest BCUT2D eigenvalue weighted by molar-refractivity contribution is 0.392. The maximum Gasteiger partial charge on any atom is 0.244 e. The van der Waals surface area contributed by atoms with E-state index in [4.69, 9.17) is 15.2 Å². The maximum atomic E-state index is 12.2. The molecule has 3 N–H and O–H groups in total. The first-order chi connectivity index (χ1) is 8.90. The number of nitrogens with two attached hydrogens (primary N) is 1. The van der Waals surface area contributed by atoms with E-state index in [1.807, 2.05) is 6.92 Å². The maximum absolute atomic E-state index is 12.2. The summed E-state index contributed by atoms with van der Waals surface area (Å²) >= 11 is 0. The van der Waals surface area contributed by atoms with E-state index in [2.05, 4.69) is 4.72 Å². The van der Waals surface area contributed by atoms with Crippen molar-refractivity contribution in [3.05, 3.63) is 18.2 Å². The summed E-state index contributed by atoms with van der Waals surface area (Å²) in [5.41, 5.74) is 5.58. The third kappa shape index (κ3) is 4.38. The highest BCUT2D eigenvalue weighted by Crippen LogP contribution is 2.27. The van der Waals surface area contributed by atoms with Crippen LogP contribution in [-0.2, 0) is 10.0 Å². The van der Waals surface area contributed by atoms with Crippen molar-refractivity contribution in [2.75, 3.05) is 20.8 Å². The lowest BCUT2D eigenvalue weighted by Crippen LogP contribution is -2.29. The summed E-state index contributed by atoms with van der Waals surface area (Å²) in [5, 5.41) is 0. The van der Waals surface area contributed by atoms with Crippen LogP contribution in [-0.4, -0.2) is 35.2 Å². The summed E-state index contributed by atoms with van der Waals surface area (Å²) in [7, 11) is -0.748. The molecule has 1 aromatic carbocycles. The van der Waals surface area contributed by atoms with Gasteiger partial charge in [0, 0.05) is 18.7 Å². The first-order valence-electron chi connectivity index (χ1n) is 5.88. The third-order valence-electron chi connectivity index (χ3n) is 2.55. The zero-order valence-corrected chi connectivity index (χ0v) is 12.2. The minimum Gasteiger partial charge on any atom is -0.497 e. The molecular formula is C12H20N2O4S. The van der Waals surface area contributed by atoms with Crippen molar-refractivity contribution in [2.24, 2.45) is 5.73 Å². The van der Waals surface area contributed by atoms with Gasteiger partial charge in [0.25, 0.3) is 0 Å². The lowest BCUT2D eigenvalue weighted by Gasteiger charge is -2.12. The molecule has 0 aliphatic carbocycles. The predicted octanol–water partition coefficient (Wildman–Crippen LogP) is 0.719. The first-order valence-corrected chi connectivity index (χ1v) is 7.36. The molecule has 0 saturated carbocycles. The molecule has 108 valence electrons. The zero-order chi connectivity index (χ0) is 14.5. The van der Waals surface area contributed by atoms with Gasteiger partial charge in [0.05, 0.1) is 14.2 Å².